The van der Waals surface area contributed by atoms with Gasteiger partial charge in [-0.05, 0) is 36.4 Å². The SMILES string of the molecule is O=C(NC(O)C(=O)c1ccc(Cl)cc1)c1cccnc1. The van der Waals surface area contributed by atoms with E-state index in [1.165, 1.54) is 42.7 Å². The zero-order valence-electron chi connectivity index (χ0n) is 10.3. The van der Waals surface area contributed by atoms with Gasteiger partial charge < -0.3 is 10.4 Å². The summed E-state index contributed by atoms with van der Waals surface area (Å²) in [5.41, 5.74) is 0.517. The minimum absolute atomic E-state index is 0.258. The molecule has 0 fully saturated rings. The quantitative estimate of drug-likeness (QED) is 0.663. The Hall–Kier alpha value is -2.24. The standard InChI is InChI=1S/C14H11ClN2O3/c15-11-5-3-9(4-6-11)12(18)14(20)17-13(19)10-2-1-7-16-8-10/h1-8,14,20H,(H,17,19). The van der Waals surface area contributed by atoms with Gasteiger partial charge in [0.05, 0.1) is 5.56 Å². The number of ketones is 1. The van der Waals surface area contributed by atoms with Gasteiger partial charge in [0.2, 0.25) is 5.78 Å². The number of aromatic nitrogens is 1. The number of amides is 1. The molecular formula is C14H11ClN2O3. The van der Waals surface area contributed by atoms with Crippen molar-refractivity contribution in [1.82, 2.24) is 10.3 Å². The second-order valence-corrected chi connectivity index (χ2v) is 4.43. The Morgan fingerprint density at radius 2 is 1.85 bits per heavy atom. The first kappa shape index (κ1) is 14.2. The van der Waals surface area contributed by atoms with Crippen molar-refractivity contribution in [3.8, 4) is 0 Å². The highest BCUT2D eigenvalue weighted by molar-refractivity contribution is 6.30. The minimum Gasteiger partial charge on any atom is -0.367 e. The van der Waals surface area contributed by atoms with Crippen LogP contribution in [0.4, 0.5) is 0 Å². The summed E-state index contributed by atoms with van der Waals surface area (Å²) in [6.07, 6.45) is 1.24. The highest BCUT2D eigenvalue weighted by Crippen LogP contribution is 2.11. The van der Waals surface area contributed by atoms with Gasteiger partial charge in [-0.3, -0.25) is 14.6 Å². The smallest absolute Gasteiger partial charge is 0.255 e. The number of hydrogen-bond donors (Lipinski definition) is 2. The van der Waals surface area contributed by atoms with Crippen LogP contribution in [0.1, 0.15) is 20.7 Å². The van der Waals surface area contributed by atoms with E-state index in [0.717, 1.165) is 0 Å². The first-order chi connectivity index (χ1) is 9.58. The topological polar surface area (TPSA) is 79.3 Å². The molecule has 2 rings (SSSR count). The average Bonchev–Trinajstić information content (AvgIpc) is 2.48. The normalized spacial score (nSPS) is 11.7. The average molecular weight is 291 g/mol. The molecule has 1 aromatic carbocycles. The Labute approximate surface area is 120 Å². The summed E-state index contributed by atoms with van der Waals surface area (Å²) < 4.78 is 0. The van der Waals surface area contributed by atoms with Crippen LogP contribution in [-0.4, -0.2) is 28.0 Å². The molecule has 0 aliphatic carbocycles. The van der Waals surface area contributed by atoms with Crippen LogP contribution in [0.15, 0.2) is 48.8 Å². The molecule has 1 atom stereocenters. The summed E-state index contributed by atoms with van der Waals surface area (Å²) in [7, 11) is 0. The fourth-order valence-corrected chi connectivity index (χ4v) is 1.67. The molecule has 1 heterocycles. The van der Waals surface area contributed by atoms with Crippen molar-refractivity contribution >= 4 is 23.3 Å². The number of nitrogens with zero attached hydrogens (tertiary/aromatic N) is 1. The molecule has 0 saturated carbocycles. The first-order valence-electron chi connectivity index (χ1n) is 5.76. The molecule has 0 spiro atoms. The zero-order chi connectivity index (χ0) is 14.5. The van der Waals surface area contributed by atoms with Gasteiger partial charge in [-0.2, -0.15) is 0 Å². The van der Waals surface area contributed by atoms with Gasteiger partial charge in [-0.1, -0.05) is 11.6 Å². The van der Waals surface area contributed by atoms with Crippen LogP contribution in [0.3, 0.4) is 0 Å². The summed E-state index contributed by atoms with van der Waals surface area (Å²) >= 11 is 5.71. The van der Waals surface area contributed by atoms with E-state index in [2.05, 4.69) is 10.3 Å². The van der Waals surface area contributed by atoms with E-state index in [9.17, 15) is 14.7 Å². The highest BCUT2D eigenvalue weighted by atomic mass is 35.5. The van der Waals surface area contributed by atoms with Crippen molar-refractivity contribution in [3.63, 3.8) is 0 Å². The van der Waals surface area contributed by atoms with E-state index in [-0.39, 0.29) is 11.1 Å². The van der Waals surface area contributed by atoms with E-state index in [1.807, 2.05) is 0 Å². The van der Waals surface area contributed by atoms with Crippen LogP contribution < -0.4 is 5.32 Å². The zero-order valence-corrected chi connectivity index (χ0v) is 11.0. The largest absolute Gasteiger partial charge is 0.367 e. The van der Waals surface area contributed by atoms with E-state index < -0.39 is 17.9 Å². The van der Waals surface area contributed by atoms with Gasteiger partial charge in [0.25, 0.3) is 5.91 Å². The maximum atomic E-state index is 11.9. The maximum Gasteiger partial charge on any atom is 0.255 e. The number of aliphatic hydroxyl groups is 1. The monoisotopic (exact) mass is 290 g/mol. The number of carbonyl (C=O) groups is 2. The second-order valence-electron chi connectivity index (χ2n) is 3.99. The van der Waals surface area contributed by atoms with Gasteiger partial charge >= 0.3 is 0 Å². The van der Waals surface area contributed by atoms with E-state index in [4.69, 9.17) is 11.6 Å². The first-order valence-corrected chi connectivity index (χ1v) is 6.14. The molecule has 0 radical (unpaired) electrons. The summed E-state index contributed by atoms with van der Waals surface area (Å²) in [6.45, 7) is 0. The number of carbonyl (C=O) groups excluding carboxylic acids is 2. The van der Waals surface area contributed by atoms with Gasteiger partial charge in [-0.15, -0.1) is 0 Å². The summed E-state index contributed by atoms with van der Waals surface area (Å²) in [5, 5.41) is 12.4. The predicted octanol–water partition coefficient (Wildman–Crippen LogP) is 1.67. The number of nitrogens with one attached hydrogen (secondary N) is 1. The fraction of sp³-hybridized carbons (Fsp3) is 0.0714. The van der Waals surface area contributed by atoms with Gasteiger partial charge in [0.15, 0.2) is 6.23 Å². The molecule has 0 aliphatic rings. The lowest BCUT2D eigenvalue weighted by atomic mass is 10.1. The Bertz CT molecular complexity index is 614. The van der Waals surface area contributed by atoms with Crippen molar-refractivity contribution in [3.05, 3.63) is 64.9 Å². The van der Waals surface area contributed by atoms with Crippen molar-refractivity contribution in [2.24, 2.45) is 0 Å². The number of aliphatic hydroxyl groups excluding tert-OH is 1. The molecule has 5 nitrogen and oxygen atoms in total. The van der Waals surface area contributed by atoms with Gasteiger partial charge in [0.1, 0.15) is 0 Å². The molecule has 1 unspecified atom stereocenters. The second kappa shape index (κ2) is 6.27. The van der Waals surface area contributed by atoms with Crippen molar-refractivity contribution in [2.75, 3.05) is 0 Å². The van der Waals surface area contributed by atoms with Crippen molar-refractivity contribution in [2.45, 2.75) is 6.23 Å². The molecule has 1 aromatic heterocycles. The van der Waals surface area contributed by atoms with Crippen molar-refractivity contribution < 1.29 is 14.7 Å². The number of pyridine rings is 1. The number of rotatable bonds is 4. The number of hydrogen-bond acceptors (Lipinski definition) is 4. The van der Waals surface area contributed by atoms with Crippen LogP contribution in [0.5, 0.6) is 0 Å². The van der Waals surface area contributed by atoms with E-state index in [0.29, 0.717) is 5.02 Å². The summed E-state index contributed by atoms with van der Waals surface area (Å²) in [6, 6.07) is 9.13. The third-order valence-electron chi connectivity index (χ3n) is 2.57. The van der Waals surface area contributed by atoms with Gasteiger partial charge in [0, 0.05) is 23.0 Å². The Balaban J connectivity index is 2.05. The van der Waals surface area contributed by atoms with E-state index >= 15 is 0 Å². The number of Topliss-reactive ketones (excluding diaryl/α,β-unsaturated/α-hetero) is 1. The molecule has 0 aliphatic heterocycles. The van der Waals surface area contributed by atoms with Gasteiger partial charge in [-0.25, -0.2) is 0 Å². The third kappa shape index (κ3) is 3.40. The van der Waals surface area contributed by atoms with Crippen LogP contribution in [0.2, 0.25) is 5.02 Å². The fourth-order valence-electron chi connectivity index (χ4n) is 1.54. The molecule has 20 heavy (non-hydrogen) atoms. The molecule has 1 amide bonds. The summed E-state index contributed by atoms with van der Waals surface area (Å²) in [4.78, 5) is 27.4. The Kier molecular flexibility index (Phi) is 4.45. The van der Waals surface area contributed by atoms with Crippen LogP contribution in [-0.2, 0) is 0 Å². The number of halogens is 1. The molecule has 2 N–H and O–H groups in total. The molecule has 2 aromatic rings. The van der Waals surface area contributed by atoms with Crippen LogP contribution in [0, 0.1) is 0 Å². The molecule has 102 valence electrons. The number of benzene rings is 1. The third-order valence-corrected chi connectivity index (χ3v) is 2.82. The maximum absolute atomic E-state index is 11.9. The van der Waals surface area contributed by atoms with Crippen molar-refractivity contribution in [1.29, 1.82) is 0 Å². The molecule has 0 saturated heterocycles. The minimum atomic E-state index is -1.62. The lowest BCUT2D eigenvalue weighted by Gasteiger charge is -2.11. The summed E-state index contributed by atoms with van der Waals surface area (Å²) in [5.74, 6) is -1.19. The van der Waals surface area contributed by atoms with Crippen LogP contribution in [0.25, 0.3) is 0 Å². The molecule has 0 bridgehead atoms. The molecular weight excluding hydrogens is 280 g/mol. The molecule has 6 heteroatoms. The van der Waals surface area contributed by atoms with Crippen LogP contribution >= 0.6 is 11.6 Å². The Morgan fingerprint density at radius 1 is 1.15 bits per heavy atom. The lowest BCUT2D eigenvalue weighted by molar-refractivity contribution is 0.0607. The highest BCUT2D eigenvalue weighted by Gasteiger charge is 2.19. The lowest BCUT2D eigenvalue weighted by Crippen LogP contribution is -2.40. The Morgan fingerprint density at radius 3 is 2.45 bits per heavy atom. The predicted molar refractivity (Wildman–Crippen MR) is 73.5 cm³/mol. The van der Waals surface area contributed by atoms with E-state index in [1.54, 1.807) is 6.07 Å².